The fourth-order valence-electron chi connectivity index (χ4n) is 2.61. The van der Waals surface area contributed by atoms with E-state index in [0.29, 0.717) is 29.4 Å². The summed E-state index contributed by atoms with van der Waals surface area (Å²) in [5.74, 6) is 0.275. The van der Waals surface area contributed by atoms with E-state index in [9.17, 15) is 4.79 Å². The maximum Gasteiger partial charge on any atom is 0.257 e. The van der Waals surface area contributed by atoms with Gasteiger partial charge in [0.1, 0.15) is 11.9 Å². The molecule has 1 heterocycles. The number of hydrazine groups is 1. The average molecular weight is 395 g/mol. The molecule has 0 spiro atoms. The quantitative estimate of drug-likeness (QED) is 0.549. The molecule has 1 saturated heterocycles. The molecule has 1 aliphatic heterocycles. The minimum Gasteiger partial charge on any atom is -0.487 e. The lowest BCUT2D eigenvalue weighted by molar-refractivity contribution is 0.0972. The molecule has 26 heavy (non-hydrogen) atoms. The minimum atomic E-state index is -0.318. The predicted molar refractivity (Wildman–Crippen MR) is 104 cm³/mol. The number of benzene rings is 2. The molecule has 1 aliphatic rings. The molecule has 1 amide bonds. The van der Waals surface area contributed by atoms with Crippen molar-refractivity contribution in [1.29, 1.82) is 5.41 Å². The second-order valence-electron chi connectivity index (χ2n) is 5.71. The van der Waals surface area contributed by atoms with E-state index >= 15 is 0 Å². The third kappa shape index (κ3) is 5.36. The van der Waals surface area contributed by atoms with Crippen molar-refractivity contribution in [3.63, 3.8) is 0 Å². The first kappa shape index (κ1) is 20.0. The lowest BCUT2D eigenvalue weighted by Gasteiger charge is -2.20. The third-order valence-corrected chi connectivity index (χ3v) is 4.13. The molecule has 0 bridgehead atoms. The normalized spacial score (nSPS) is 16.4. The zero-order valence-electron chi connectivity index (χ0n) is 13.9. The van der Waals surface area contributed by atoms with Crippen molar-refractivity contribution in [1.82, 2.24) is 15.8 Å². The van der Waals surface area contributed by atoms with Crippen molar-refractivity contribution in [3.05, 3.63) is 65.2 Å². The number of carbonyl (C=O) groups excluding carboxylic acids is 1. The van der Waals surface area contributed by atoms with E-state index in [1.807, 2.05) is 29.3 Å². The van der Waals surface area contributed by atoms with Gasteiger partial charge in [-0.15, -0.1) is 12.4 Å². The number of carbonyl (C=O) groups is 1. The Morgan fingerprint density at radius 1 is 1.15 bits per heavy atom. The molecule has 1 unspecified atom stereocenters. The Kier molecular flexibility index (Phi) is 7.26. The van der Waals surface area contributed by atoms with Crippen molar-refractivity contribution in [2.45, 2.75) is 12.5 Å². The topological polar surface area (TPSA) is 77.5 Å². The van der Waals surface area contributed by atoms with Gasteiger partial charge in [0.2, 0.25) is 5.96 Å². The minimum absolute atomic E-state index is 0. The summed E-state index contributed by atoms with van der Waals surface area (Å²) in [6, 6.07) is 16.2. The van der Waals surface area contributed by atoms with Crippen LogP contribution >= 0.6 is 24.0 Å². The molecule has 1 atom stereocenters. The molecule has 0 aliphatic carbocycles. The van der Waals surface area contributed by atoms with Crippen molar-refractivity contribution in [2.75, 3.05) is 13.1 Å². The number of hydrogen-bond donors (Lipinski definition) is 3. The van der Waals surface area contributed by atoms with Crippen LogP contribution in [0.4, 0.5) is 0 Å². The first-order valence-electron chi connectivity index (χ1n) is 7.99. The van der Waals surface area contributed by atoms with Gasteiger partial charge in [-0.05, 0) is 24.3 Å². The molecular weight excluding hydrogens is 375 g/mol. The average Bonchev–Trinajstić information content (AvgIpc) is 3.04. The van der Waals surface area contributed by atoms with Crippen molar-refractivity contribution < 1.29 is 9.53 Å². The molecule has 138 valence electrons. The summed E-state index contributed by atoms with van der Waals surface area (Å²) in [6.07, 6.45) is 0.781. The highest BCUT2D eigenvalue weighted by molar-refractivity contribution is 6.32. The number of hydrogen-bond acceptors (Lipinski definition) is 4. The summed E-state index contributed by atoms with van der Waals surface area (Å²) >= 11 is 6.10. The zero-order valence-corrected chi connectivity index (χ0v) is 15.5. The van der Waals surface area contributed by atoms with Crippen molar-refractivity contribution in [2.24, 2.45) is 0 Å². The van der Waals surface area contributed by atoms with E-state index in [1.165, 1.54) is 0 Å². The van der Waals surface area contributed by atoms with Crippen LogP contribution in [0.25, 0.3) is 0 Å². The maximum absolute atomic E-state index is 12.0. The Labute approximate surface area is 163 Å². The summed E-state index contributed by atoms with van der Waals surface area (Å²) in [5, 5.41) is 12.9. The van der Waals surface area contributed by atoms with Crippen molar-refractivity contribution >= 4 is 35.9 Å². The summed E-state index contributed by atoms with van der Waals surface area (Å²) in [6.45, 7) is 1.30. The van der Waals surface area contributed by atoms with Gasteiger partial charge in [0, 0.05) is 18.5 Å². The Bertz CT molecular complexity index is 758. The Balaban J connectivity index is 0.00000243. The Morgan fingerprint density at radius 3 is 2.58 bits per heavy atom. The number of nitrogens with one attached hydrogen (secondary N) is 3. The maximum atomic E-state index is 12.0. The van der Waals surface area contributed by atoms with E-state index in [2.05, 4.69) is 10.7 Å². The van der Waals surface area contributed by atoms with Crippen LogP contribution in [-0.2, 0) is 0 Å². The van der Waals surface area contributed by atoms with Gasteiger partial charge in [0.15, 0.2) is 0 Å². The van der Waals surface area contributed by atoms with Crippen LogP contribution in [0.1, 0.15) is 16.8 Å². The molecule has 6 nitrogen and oxygen atoms in total. The van der Waals surface area contributed by atoms with E-state index in [0.717, 1.165) is 6.42 Å². The molecule has 3 rings (SSSR count). The number of halogens is 2. The zero-order chi connectivity index (χ0) is 17.6. The van der Waals surface area contributed by atoms with Crippen LogP contribution in [0.2, 0.25) is 5.02 Å². The highest BCUT2D eigenvalue weighted by Gasteiger charge is 2.25. The first-order valence-corrected chi connectivity index (χ1v) is 8.37. The summed E-state index contributed by atoms with van der Waals surface area (Å²) in [7, 11) is 0. The van der Waals surface area contributed by atoms with Gasteiger partial charge < -0.3 is 4.74 Å². The number of nitrogens with zero attached hydrogens (tertiary/aromatic N) is 1. The van der Waals surface area contributed by atoms with Crippen LogP contribution in [0.15, 0.2) is 54.6 Å². The molecule has 2 aromatic carbocycles. The largest absolute Gasteiger partial charge is 0.487 e. The molecule has 0 saturated carbocycles. The number of amides is 1. The highest BCUT2D eigenvalue weighted by Crippen LogP contribution is 2.26. The number of guanidine groups is 1. The van der Waals surface area contributed by atoms with Crippen LogP contribution < -0.4 is 15.5 Å². The predicted octanol–water partition coefficient (Wildman–Crippen LogP) is 3.08. The summed E-state index contributed by atoms with van der Waals surface area (Å²) in [5.41, 5.74) is 3.39. The standard InChI is InChI=1S/C18H19ClN4O2.ClH/c19-15-8-4-5-9-16(15)25-14-10-11-23(12-14)22-18(20)21-17(24)13-6-2-1-3-7-13;/h1-9,14H,10-12H2,(H3,20,21,22,24);1H. The molecule has 8 heteroatoms. The summed E-state index contributed by atoms with van der Waals surface area (Å²) in [4.78, 5) is 12.0. The number of ether oxygens (including phenoxy) is 1. The highest BCUT2D eigenvalue weighted by atomic mass is 35.5. The van der Waals surface area contributed by atoms with E-state index < -0.39 is 0 Å². The fourth-order valence-corrected chi connectivity index (χ4v) is 2.79. The molecule has 0 aromatic heterocycles. The van der Waals surface area contributed by atoms with Gasteiger partial charge in [-0.3, -0.25) is 20.9 Å². The molecule has 2 aromatic rings. The monoisotopic (exact) mass is 394 g/mol. The smallest absolute Gasteiger partial charge is 0.257 e. The first-order chi connectivity index (χ1) is 12.1. The third-order valence-electron chi connectivity index (χ3n) is 3.82. The van der Waals surface area contributed by atoms with E-state index in [1.54, 1.807) is 30.3 Å². The van der Waals surface area contributed by atoms with Crippen molar-refractivity contribution in [3.8, 4) is 5.75 Å². The van der Waals surface area contributed by atoms with Gasteiger partial charge in [0.25, 0.3) is 5.91 Å². The van der Waals surface area contributed by atoms with Crippen LogP contribution in [0.3, 0.4) is 0 Å². The fraction of sp³-hybridized carbons (Fsp3) is 0.222. The van der Waals surface area contributed by atoms with Crippen LogP contribution in [0.5, 0.6) is 5.75 Å². The second kappa shape index (κ2) is 9.43. The van der Waals surface area contributed by atoms with Gasteiger partial charge in [0.05, 0.1) is 11.6 Å². The number of para-hydroxylation sites is 1. The molecule has 3 N–H and O–H groups in total. The lowest BCUT2D eigenvalue weighted by Crippen LogP contribution is -2.48. The van der Waals surface area contributed by atoms with E-state index in [-0.39, 0.29) is 30.4 Å². The second-order valence-corrected chi connectivity index (χ2v) is 6.12. The van der Waals surface area contributed by atoms with E-state index in [4.69, 9.17) is 21.7 Å². The van der Waals surface area contributed by atoms with Crippen LogP contribution in [0, 0.1) is 5.41 Å². The van der Waals surface area contributed by atoms with Gasteiger partial charge in [-0.1, -0.05) is 41.9 Å². The molecule has 0 radical (unpaired) electrons. The van der Waals surface area contributed by atoms with Gasteiger partial charge in [-0.25, -0.2) is 5.01 Å². The molecule has 1 fully saturated rings. The SMILES string of the molecule is Cl.N=C(NC(=O)c1ccccc1)NN1CCC(Oc2ccccc2Cl)C1. The summed E-state index contributed by atoms with van der Waals surface area (Å²) < 4.78 is 5.90. The Morgan fingerprint density at radius 2 is 1.85 bits per heavy atom. The van der Waals surface area contributed by atoms with Gasteiger partial charge >= 0.3 is 0 Å². The van der Waals surface area contributed by atoms with Gasteiger partial charge in [-0.2, -0.15) is 0 Å². The number of rotatable bonds is 4. The van der Waals surface area contributed by atoms with Crippen LogP contribution in [-0.4, -0.2) is 36.1 Å². The Hall–Kier alpha value is -2.28. The molecular formula is C18H20Cl2N4O2. The lowest BCUT2D eigenvalue weighted by atomic mass is 10.2.